The SMILES string of the molecule is COc1cc(NS(C)(=O)=O)ccc1NC(=O)[C@@H]1N[C@@H](CC(C)(C)C)[C@@]2(C(=O)Nc3cc(Cl)ccc32)[C@H]1c1cccc(Cl)c1F. The number of hydrogen-bond donors (Lipinski definition) is 4. The number of benzene rings is 3. The number of rotatable bonds is 7. The molecule has 2 aliphatic heterocycles. The Hall–Kier alpha value is -3.38. The molecule has 44 heavy (non-hydrogen) atoms. The van der Waals surface area contributed by atoms with Crippen molar-refractivity contribution in [2.24, 2.45) is 5.41 Å². The highest BCUT2D eigenvalue weighted by Gasteiger charge is 2.66. The summed E-state index contributed by atoms with van der Waals surface area (Å²) in [5.41, 5.74) is -0.0150. The molecular formula is C31H33Cl2FN4O5S. The molecule has 3 aromatic rings. The van der Waals surface area contributed by atoms with Crippen LogP contribution in [0.4, 0.5) is 21.5 Å². The van der Waals surface area contributed by atoms with E-state index in [4.69, 9.17) is 27.9 Å². The van der Waals surface area contributed by atoms with Gasteiger partial charge in [-0.05, 0) is 53.3 Å². The minimum Gasteiger partial charge on any atom is -0.494 e. The Morgan fingerprint density at radius 1 is 1.11 bits per heavy atom. The zero-order valence-corrected chi connectivity index (χ0v) is 27.0. The molecule has 2 aliphatic rings. The largest absolute Gasteiger partial charge is 0.494 e. The third kappa shape index (κ3) is 5.85. The van der Waals surface area contributed by atoms with Gasteiger partial charge in [-0.1, -0.05) is 62.2 Å². The van der Waals surface area contributed by atoms with Crippen LogP contribution in [0.3, 0.4) is 0 Å². The van der Waals surface area contributed by atoms with Gasteiger partial charge in [0.1, 0.15) is 17.0 Å². The van der Waals surface area contributed by atoms with Gasteiger partial charge in [0.25, 0.3) is 0 Å². The fourth-order valence-corrected chi connectivity index (χ4v) is 7.34. The van der Waals surface area contributed by atoms with E-state index >= 15 is 4.39 Å². The monoisotopic (exact) mass is 662 g/mol. The molecule has 2 heterocycles. The van der Waals surface area contributed by atoms with E-state index in [1.54, 1.807) is 30.3 Å². The molecule has 0 bridgehead atoms. The molecule has 2 amide bonds. The zero-order valence-electron chi connectivity index (χ0n) is 24.7. The molecule has 13 heteroatoms. The first kappa shape index (κ1) is 32.0. The summed E-state index contributed by atoms with van der Waals surface area (Å²) in [6.07, 6.45) is 1.48. The van der Waals surface area contributed by atoms with Crippen LogP contribution in [-0.2, 0) is 25.0 Å². The molecule has 0 radical (unpaired) electrons. The molecule has 1 spiro atoms. The maximum absolute atomic E-state index is 16.0. The number of sulfonamides is 1. The van der Waals surface area contributed by atoms with Crippen molar-refractivity contribution in [2.75, 3.05) is 28.7 Å². The van der Waals surface area contributed by atoms with Crippen LogP contribution in [-0.4, -0.2) is 45.7 Å². The summed E-state index contributed by atoms with van der Waals surface area (Å²) in [6, 6.07) is 12.3. The normalized spacial score (nSPS) is 22.9. The summed E-state index contributed by atoms with van der Waals surface area (Å²) >= 11 is 12.6. The van der Waals surface area contributed by atoms with Crippen molar-refractivity contribution in [1.82, 2.24) is 5.32 Å². The lowest BCUT2D eigenvalue weighted by atomic mass is 9.62. The molecule has 1 saturated heterocycles. The van der Waals surface area contributed by atoms with Gasteiger partial charge in [-0.15, -0.1) is 0 Å². The Morgan fingerprint density at radius 2 is 1.84 bits per heavy atom. The molecule has 9 nitrogen and oxygen atoms in total. The third-order valence-corrected chi connectivity index (χ3v) is 9.12. The maximum atomic E-state index is 16.0. The predicted octanol–water partition coefficient (Wildman–Crippen LogP) is 5.90. The second-order valence-electron chi connectivity index (χ2n) is 12.4. The number of nitrogens with one attached hydrogen (secondary N) is 4. The Balaban J connectivity index is 1.67. The van der Waals surface area contributed by atoms with Crippen molar-refractivity contribution in [3.63, 3.8) is 0 Å². The number of carbonyl (C=O) groups is 2. The van der Waals surface area contributed by atoms with Crippen molar-refractivity contribution in [3.8, 4) is 5.75 Å². The standard InChI is InChI=1S/C31H33Cl2FN4O5S/c1-30(2,3)15-24-31(19-11-9-16(32)13-22(19)36-29(31)40)25(18-7-6-8-20(33)26(18)34)27(37-24)28(39)35-21-12-10-17(14-23(21)43-4)38-44(5,41)42/h6-14,24-25,27,37-38H,15H2,1-5H3,(H,35,39)(H,36,40)/t24-,25-,27+,31+/m0/s1. The molecule has 4 atom stereocenters. The topological polar surface area (TPSA) is 126 Å². The third-order valence-electron chi connectivity index (χ3n) is 7.98. The van der Waals surface area contributed by atoms with E-state index in [-0.39, 0.29) is 39.0 Å². The minimum absolute atomic E-state index is 0.110. The van der Waals surface area contributed by atoms with Crippen molar-refractivity contribution in [2.45, 2.75) is 50.6 Å². The number of halogens is 3. The summed E-state index contributed by atoms with van der Waals surface area (Å²) in [4.78, 5) is 28.5. The Labute approximate surface area is 265 Å². The van der Waals surface area contributed by atoms with E-state index < -0.39 is 45.2 Å². The summed E-state index contributed by atoms with van der Waals surface area (Å²) in [6.45, 7) is 6.08. The lowest BCUT2D eigenvalue weighted by molar-refractivity contribution is -0.122. The molecule has 0 aromatic heterocycles. The number of anilines is 3. The smallest absolute Gasteiger partial charge is 0.242 e. The Kier molecular flexibility index (Phi) is 8.39. The molecule has 234 valence electrons. The summed E-state index contributed by atoms with van der Waals surface area (Å²) in [5, 5.41) is 9.49. The van der Waals surface area contributed by atoms with Gasteiger partial charge in [0.2, 0.25) is 21.8 Å². The van der Waals surface area contributed by atoms with Crippen LogP contribution < -0.4 is 25.4 Å². The van der Waals surface area contributed by atoms with E-state index in [1.165, 1.54) is 31.4 Å². The van der Waals surface area contributed by atoms with Crippen molar-refractivity contribution < 1.29 is 27.1 Å². The Morgan fingerprint density at radius 3 is 2.50 bits per heavy atom. The molecule has 3 aromatic carbocycles. The fourth-order valence-electron chi connectivity index (χ4n) is 6.43. The molecule has 0 saturated carbocycles. The van der Waals surface area contributed by atoms with Gasteiger partial charge >= 0.3 is 0 Å². The van der Waals surface area contributed by atoms with Gasteiger partial charge in [-0.3, -0.25) is 14.3 Å². The van der Waals surface area contributed by atoms with Gasteiger partial charge in [-0.2, -0.15) is 0 Å². The van der Waals surface area contributed by atoms with Crippen LogP contribution in [0.15, 0.2) is 54.6 Å². The molecule has 4 N–H and O–H groups in total. The van der Waals surface area contributed by atoms with Crippen LogP contribution in [0, 0.1) is 11.2 Å². The minimum atomic E-state index is -3.56. The van der Waals surface area contributed by atoms with Crippen LogP contribution in [0.5, 0.6) is 5.75 Å². The van der Waals surface area contributed by atoms with E-state index in [9.17, 15) is 18.0 Å². The van der Waals surface area contributed by atoms with E-state index in [2.05, 4.69) is 20.7 Å². The van der Waals surface area contributed by atoms with Gasteiger partial charge in [-0.25, -0.2) is 12.8 Å². The lowest BCUT2D eigenvalue weighted by Crippen LogP contribution is -2.49. The average Bonchev–Trinajstić information content (AvgIpc) is 3.39. The summed E-state index contributed by atoms with van der Waals surface area (Å²) in [5.74, 6) is -2.51. The lowest BCUT2D eigenvalue weighted by Gasteiger charge is -2.37. The molecular weight excluding hydrogens is 630 g/mol. The fraction of sp³-hybridized carbons (Fsp3) is 0.355. The van der Waals surface area contributed by atoms with Crippen LogP contribution in [0.1, 0.15) is 44.2 Å². The van der Waals surface area contributed by atoms with Crippen LogP contribution in [0.25, 0.3) is 0 Å². The second kappa shape index (κ2) is 11.5. The van der Waals surface area contributed by atoms with Crippen molar-refractivity contribution >= 4 is 62.1 Å². The van der Waals surface area contributed by atoms with Gasteiger partial charge < -0.3 is 20.7 Å². The second-order valence-corrected chi connectivity index (χ2v) is 15.0. The van der Waals surface area contributed by atoms with Gasteiger partial charge in [0.05, 0.1) is 35.8 Å². The van der Waals surface area contributed by atoms with Crippen molar-refractivity contribution in [3.05, 3.63) is 81.6 Å². The number of amides is 2. The van der Waals surface area contributed by atoms with Crippen LogP contribution in [0.2, 0.25) is 10.0 Å². The Bertz CT molecular complexity index is 1760. The summed E-state index contributed by atoms with van der Waals surface area (Å²) < 4.78 is 47.2. The van der Waals surface area contributed by atoms with Gasteiger partial charge in [0.15, 0.2) is 0 Å². The number of hydrogen-bond acceptors (Lipinski definition) is 6. The molecule has 5 rings (SSSR count). The first-order valence-corrected chi connectivity index (χ1v) is 16.5. The van der Waals surface area contributed by atoms with E-state index in [0.717, 1.165) is 6.26 Å². The highest BCUT2D eigenvalue weighted by Crippen LogP contribution is 2.57. The number of fused-ring (bicyclic) bond motifs is 2. The average molecular weight is 664 g/mol. The molecule has 0 unspecified atom stereocenters. The maximum Gasteiger partial charge on any atom is 0.242 e. The van der Waals surface area contributed by atoms with E-state index in [1.807, 2.05) is 20.8 Å². The highest BCUT2D eigenvalue weighted by molar-refractivity contribution is 7.92. The highest BCUT2D eigenvalue weighted by atomic mass is 35.5. The molecule has 0 aliphatic carbocycles. The first-order valence-electron chi connectivity index (χ1n) is 13.8. The number of ether oxygens (including phenoxy) is 1. The van der Waals surface area contributed by atoms with Crippen LogP contribution >= 0.6 is 23.2 Å². The predicted molar refractivity (Wildman–Crippen MR) is 171 cm³/mol. The molecule has 1 fully saturated rings. The zero-order chi connectivity index (χ0) is 32.2. The van der Waals surface area contributed by atoms with Crippen molar-refractivity contribution in [1.29, 1.82) is 0 Å². The van der Waals surface area contributed by atoms with E-state index in [0.29, 0.717) is 22.7 Å². The summed E-state index contributed by atoms with van der Waals surface area (Å²) in [7, 11) is -2.18. The van der Waals surface area contributed by atoms with Gasteiger partial charge in [0, 0.05) is 28.7 Å². The quantitative estimate of drug-likeness (QED) is 0.250. The number of carbonyl (C=O) groups excluding carboxylic acids is 2. The first-order chi connectivity index (χ1) is 20.5. The number of methoxy groups -OCH3 is 1.